The molecule has 3 rings (SSSR count). The molecule has 2 aromatic heterocycles. The van der Waals surface area contributed by atoms with Gasteiger partial charge in [0.1, 0.15) is 10.2 Å². The maximum atomic E-state index is 11.9. The minimum Gasteiger partial charge on any atom is -0.468 e. The van der Waals surface area contributed by atoms with Crippen LogP contribution in [0.4, 0.5) is 5.69 Å². The maximum Gasteiger partial charge on any atom is 0.282 e. The SMILES string of the molecule is Cn1ncc(NCC(c2ccco2)N2CCCC2)c(Br)c1=O. The molecule has 0 aromatic carbocycles. The molecule has 1 fully saturated rings. The Kier molecular flexibility index (Phi) is 4.63. The molecule has 0 radical (unpaired) electrons. The molecular formula is C15H19BrN4O2. The predicted molar refractivity (Wildman–Crippen MR) is 87.9 cm³/mol. The van der Waals surface area contributed by atoms with Gasteiger partial charge in [0.05, 0.1) is 24.2 Å². The van der Waals surface area contributed by atoms with Gasteiger partial charge in [0.25, 0.3) is 5.56 Å². The largest absolute Gasteiger partial charge is 0.468 e. The summed E-state index contributed by atoms with van der Waals surface area (Å²) in [5, 5.41) is 7.37. The lowest BCUT2D eigenvalue weighted by Crippen LogP contribution is -2.31. The molecule has 118 valence electrons. The fourth-order valence-corrected chi connectivity index (χ4v) is 3.28. The number of aryl methyl sites for hydroxylation is 1. The van der Waals surface area contributed by atoms with Gasteiger partial charge in [0, 0.05) is 13.6 Å². The molecule has 0 amide bonds. The van der Waals surface area contributed by atoms with Gasteiger partial charge in [0.2, 0.25) is 0 Å². The molecule has 2 aromatic rings. The van der Waals surface area contributed by atoms with E-state index >= 15 is 0 Å². The number of furan rings is 1. The quantitative estimate of drug-likeness (QED) is 0.879. The molecule has 7 heteroatoms. The number of rotatable bonds is 5. The van der Waals surface area contributed by atoms with Crippen molar-refractivity contribution in [2.45, 2.75) is 18.9 Å². The Morgan fingerprint density at radius 2 is 2.23 bits per heavy atom. The summed E-state index contributed by atoms with van der Waals surface area (Å²) in [6.07, 6.45) is 5.80. The van der Waals surface area contributed by atoms with Crippen molar-refractivity contribution in [3.63, 3.8) is 0 Å². The number of nitrogens with zero attached hydrogens (tertiary/aromatic N) is 3. The highest BCUT2D eigenvalue weighted by Crippen LogP contribution is 2.26. The van der Waals surface area contributed by atoms with Crippen LogP contribution in [-0.4, -0.2) is 34.3 Å². The van der Waals surface area contributed by atoms with E-state index in [2.05, 4.69) is 31.2 Å². The summed E-state index contributed by atoms with van der Waals surface area (Å²) in [6, 6.07) is 4.07. The summed E-state index contributed by atoms with van der Waals surface area (Å²) in [5.41, 5.74) is 0.555. The summed E-state index contributed by atoms with van der Waals surface area (Å²) in [7, 11) is 1.63. The van der Waals surface area contributed by atoms with E-state index in [1.807, 2.05) is 12.1 Å². The van der Waals surface area contributed by atoms with Gasteiger partial charge in [-0.2, -0.15) is 5.10 Å². The minimum atomic E-state index is -0.152. The van der Waals surface area contributed by atoms with Crippen molar-refractivity contribution in [2.75, 3.05) is 25.0 Å². The highest BCUT2D eigenvalue weighted by Gasteiger charge is 2.25. The molecule has 1 atom stereocenters. The van der Waals surface area contributed by atoms with Gasteiger partial charge >= 0.3 is 0 Å². The average molecular weight is 367 g/mol. The maximum absolute atomic E-state index is 11.9. The molecule has 0 aliphatic carbocycles. The van der Waals surface area contributed by atoms with Gasteiger partial charge in [-0.25, -0.2) is 4.68 Å². The van der Waals surface area contributed by atoms with Gasteiger partial charge in [-0.1, -0.05) is 0 Å². The zero-order valence-electron chi connectivity index (χ0n) is 12.5. The van der Waals surface area contributed by atoms with Crippen molar-refractivity contribution in [3.8, 4) is 0 Å². The van der Waals surface area contributed by atoms with Crippen molar-refractivity contribution in [1.82, 2.24) is 14.7 Å². The molecule has 0 spiro atoms. The molecule has 1 aliphatic heterocycles. The summed E-state index contributed by atoms with van der Waals surface area (Å²) in [5.74, 6) is 0.947. The zero-order valence-corrected chi connectivity index (χ0v) is 14.0. The van der Waals surface area contributed by atoms with Gasteiger partial charge in [-0.05, 0) is 54.0 Å². The van der Waals surface area contributed by atoms with Crippen LogP contribution < -0.4 is 10.9 Å². The second-order valence-corrected chi connectivity index (χ2v) is 6.25. The second kappa shape index (κ2) is 6.66. The van der Waals surface area contributed by atoms with Gasteiger partial charge in [0.15, 0.2) is 0 Å². The van der Waals surface area contributed by atoms with Gasteiger partial charge in [-0.15, -0.1) is 0 Å². The number of anilines is 1. The van der Waals surface area contributed by atoms with Crippen molar-refractivity contribution in [2.24, 2.45) is 7.05 Å². The van der Waals surface area contributed by atoms with Crippen molar-refractivity contribution in [1.29, 1.82) is 0 Å². The first-order chi connectivity index (χ1) is 10.7. The smallest absolute Gasteiger partial charge is 0.282 e. The van der Waals surface area contributed by atoms with Gasteiger partial charge in [-0.3, -0.25) is 9.69 Å². The number of hydrogen-bond donors (Lipinski definition) is 1. The third-order valence-corrected chi connectivity index (χ3v) is 4.78. The van der Waals surface area contributed by atoms with Crippen LogP contribution in [-0.2, 0) is 7.05 Å². The monoisotopic (exact) mass is 366 g/mol. The summed E-state index contributed by atoms with van der Waals surface area (Å²) < 4.78 is 7.40. The first-order valence-electron chi connectivity index (χ1n) is 7.40. The lowest BCUT2D eigenvalue weighted by atomic mass is 10.2. The molecule has 1 N–H and O–H groups in total. The number of halogens is 1. The molecule has 1 aliphatic rings. The summed E-state index contributed by atoms with van der Waals surface area (Å²) in [4.78, 5) is 14.3. The third-order valence-electron chi connectivity index (χ3n) is 4.02. The summed E-state index contributed by atoms with van der Waals surface area (Å²) in [6.45, 7) is 2.81. The molecule has 0 bridgehead atoms. The van der Waals surface area contributed by atoms with Crippen LogP contribution in [0, 0.1) is 0 Å². The standard InChI is InChI=1S/C15H19BrN4O2/c1-19-15(21)14(16)11(9-18-19)17-10-12(13-5-4-8-22-13)20-6-2-3-7-20/h4-5,8-9,12,17H,2-3,6-7,10H2,1H3. The molecule has 0 saturated carbocycles. The molecule has 1 saturated heterocycles. The first-order valence-corrected chi connectivity index (χ1v) is 8.19. The van der Waals surface area contributed by atoms with Crippen molar-refractivity contribution < 1.29 is 4.42 Å². The van der Waals surface area contributed by atoms with E-state index in [-0.39, 0.29) is 11.6 Å². The lowest BCUT2D eigenvalue weighted by Gasteiger charge is -2.26. The number of nitrogens with one attached hydrogen (secondary N) is 1. The molecule has 22 heavy (non-hydrogen) atoms. The van der Waals surface area contributed by atoms with E-state index in [1.54, 1.807) is 19.5 Å². The van der Waals surface area contributed by atoms with Crippen LogP contribution in [0.5, 0.6) is 0 Å². The Labute approximate surface area is 137 Å². The molecule has 6 nitrogen and oxygen atoms in total. The Morgan fingerprint density at radius 3 is 2.91 bits per heavy atom. The van der Waals surface area contributed by atoms with E-state index in [0.717, 1.165) is 18.8 Å². The van der Waals surface area contributed by atoms with Crippen LogP contribution in [0.2, 0.25) is 0 Å². The predicted octanol–water partition coefficient (Wildman–Crippen LogP) is 2.38. The Bertz CT molecular complexity index is 677. The highest BCUT2D eigenvalue weighted by molar-refractivity contribution is 9.10. The average Bonchev–Trinajstić information content (AvgIpc) is 3.21. The van der Waals surface area contributed by atoms with E-state index in [4.69, 9.17) is 4.42 Å². The van der Waals surface area contributed by atoms with Crippen LogP contribution in [0.1, 0.15) is 24.6 Å². The summed E-state index contributed by atoms with van der Waals surface area (Å²) >= 11 is 3.34. The highest BCUT2D eigenvalue weighted by atomic mass is 79.9. The number of aromatic nitrogens is 2. The lowest BCUT2D eigenvalue weighted by molar-refractivity contribution is 0.225. The third kappa shape index (κ3) is 3.10. The van der Waals surface area contributed by atoms with E-state index in [0.29, 0.717) is 16.7 Å². The Hall–Kier alpha value is -1.60. The van der Waals surface area contributed by atoms with E-state index < -0.39 is 0 Å². The van der Waals surface area contributed by atoms with Gasteiger partial charge < -0.3 is 9.73 Å². The fraction of sp³-hybridized carbons (Fsp3) is 0.467. The normalized spacial score (nSPS) is 16.8. The second-order valence-electron chi connectivity index (χ2n) is 5.46. The number of hydrogen-bond acceptors (Lipinski definition) is 5. The zero-order chi connectivity index (χ0) is 15.5. The van der Waals surface area contributed by atoms with E-state index in [9.17, 15) is 4.79 Å². The topological polar surface area (TPSA) is 63.3 Å². The fourth-order valence-electron chi connectivity index (χ4n) is 2.78. The minimum absolute atomic E-state index is 0.152. The van der Waals surface area contributed by atoms with E-state index in [1.165, 1.54) is 17.5 Å². The molecular weight excluding hydrogens is 348 g/mol. The van der Waals surface area contributed by atoms with Crippen LogP contribution >= 0.6 is 15.9 Å². The number of likely N-dealkylation sites (tertiary alicyclic amines) is 1. The Balaban J connectivity index is 1.77. The van der Waals surface area contributed by atoms with Crippen molar-refractivity contribution in [3.05, 3.63) is 45.2 Å². The van der Waals surface area contributed by atoms with Crippen LogP contribution in [0.25, 0.3) is 0 Å². The van der Waals surface area contributed by atoms with Crippen molar-refractivity contribution >= 4 is 21.6 Å². The molecule has 1 unspecified atom stereocenters. The Morgan fingerprint density at radius 1 is 1.45 bits per heavy atom. The first kappa shape index (κ1) is 15.3. The molecule has 3 heterocycles. The van der Waals surface area contributed by atoms with Crippen LogP contribution in [0.15, 0.2) is 38.3 Å². The van der Waals surface area contributed by atoms with Crippen LogP contribution in [0.3, 0.4) is 0 Å².